The van der Waals surface area contributed by atoms with Crippen molar-refractivity contribution in [3.63, 3.8) is 0 Å². The van der Waals surface area contributed by atoms with Crippen molar-refractivity contribution >= 4 is 16.5 Å². The van der Waals surface area contributed by atoms with Crippen LogP contribution in [-0.4, -0.2) is 24.1 Å². The molecule has 1 aliphatic heterocycles. The van der Waals surface area contributed by atoms with Crippen LogP contribution >= 0.6 is 0 Å². The highest BCUT2D eigenvalue weighted by molar-refractivity contribution is 5.95. The largest absolute Gasteiger partial charge is 0.382 e. The predicted octanol–water partition coefficient (Wildman–Crippen LogP) is 2.71. The lowest BCUT2D eigenvalue weighted by Gasteiger charge is -2.25. The number of aromatic nitrogens is 1. The van der Waals surface area contributed by atoms with Gasteiger partial charge in [-0.05, 0) is 45.0 Å². The highest BCUT2D eigenvalue weighted by atomic mass is 15.0. The number of hydrogen-bond donors (Lipinski definition) is 2. The van der Waals surface area contributed by atoms with E-state index in [0.717, 1.165) is 18.8 Å². The number of hydrogen-bond acceptors (Lipinski definition) is 3. The fourth-order valence-corrected chi connectivity index (χ4v) is 2.67. The third kappa shape index (κ3) is 2.18. The normalized spacial score (nSPS) is 16.9. The second kappa shape index (κ2) is 4.94. The molecule has 3 rings (SSSR count). The predicted molar refractivity (Wildman–Crippen MR) is 76.0 cm³/mol. The standard InChI is InChI=1S/C15H19N3/c1-11-13-3-2-4-15(14(13)7-10-17-11)18-12-5-8-16-9-6-12/h2-4,7,10,12,16,18H,5-6,8-9H2,1H3. The van der Waals surface area contributed by atoms with E-state index >= 15 is 0 Å². The number of fused-ring (bicyclic) bond motifs is 1. The number of pyridine rings is 1. The lowest BCUT2D eigenvalue weighted by atomic mass is 10.0. The zero-order chi connectivity index (χ0) is 12.4. The van der Waals surface area contributed by atoms with Gasteiger partial charge < -0.3 is 10.6 Å². The minimum atomic E-state index is 0.588. The molecule has 0 unspecified atom stereocenters. The topological polar surface area (TPSA) is 37.0 Å². The molecule has 1 aromatic heterocycles. The molecule has 2 heterocycles. The fourth-order valence-electron chi connectivity index (χ4n) is 2.67. The first-order valence-corrected chi connectivity index (χ1v) is 6.66. The second-order valence-corrected chi connectivity index (χ2v) is 4.97. The SMILES string of the molecule is Cc1nccc2c(NC3CCNCC3)cccc12. The summed E-state index contributed by atoms with van der Waals surface area (Å²) < 4.78 is 0. The molecule has 2 aromatic rings. The molecule has 94 valence electrons. The average molecular weight is 241 g/mol. The Morgan fingerprint density at radius 2 is 2.00 bits per heavy atom. The summed E-state index contributed by atoms with van der Waals surface area (Å²) in [6.45, 7) is 4.29. The number of nitrogens with one attached hydrogen (secondary N) is 2. The number of aryl methyl sites for hydroxylation is 1. The Labute approximate surface area is 108 Å². The Morgan fingerprint density at radius 3 is 2.83 bits per heavy atom. The number of anilines is 1. The Hall–Kier alpha value is -1.61. The summed E-state index contributed by atoms with van der Waals surface area (Å²) in [6.07, 6.45) is 4.28. The van der Waals surface area contributed by atoms with Crippen LogP contribution in [-0.2, 0) is 0 Å². The minimum absolute atomic E-state index is 0.588. The van der Waals surface area contributed by atoms with Crippen LogP contribution in [0.1, 0.15) is 18.5 Å². The lowest BCUT2D eigenvalue weighted by Crippen LogP contribution is -2.35. The van der Waals surface area contributed by atoms with Gasteiger partial charge in [0.05, 0.1) is 0 Å². The van der Waals surface area contributed by atoms with Crippen molar-refractivity contribution in [1.82, 2.24) is 10.3 Å². The van der Waals surface area contributed by atoms with Gasteiger partial charge in [0.2, 0.25) is 0 Å². The molecule has 0 aliphatic carbocycles. The van der Waals surface area contributed by atoms with Crippen molar-refractivity contribution in [1.29, 1.82) is 0 Å². The molecular weight excluding hydrogens is 222 g/mol. The van der Waals surface area contributed by atoms with Crippen LogP contribution in [0.3, 0.4) is 0 Å². The van der Waals surface area contributed by atoms with Gasteiger partial charge >= 0.3 is 0 Å². The van der Waals surface area contributed by atoms with Gasteiger partial charge in [0, 0.05) is 34.4 Å². The summed E-state index contributed by atoms with van der Waals surface area (Å²) in [5.74, 6) is 0. The molecule has 1 fully saturated rings. The average Bonchev–Trinajstić information content (AvgIpc) is 2.41. The number of rotatable bonds is 2. The molecule has 0 radical (unpaired) electrons. The lowest BCUT2D eigenvalue weighted by molar-refractivity contribution is 0.479. The molecular formula is C15H19N3. The number of nitrogens with zero attached hydrogens (tertiary/aromatic N) is 1. The summed E-state index contributed by atoms with van der Waals surface area (Å²) in [4.78, 5) is 4.36. The maximum absolute atomic E-state index is 4.36. The Kier molecular flexibility index (Phi) is 3.15. The minimum Gasteiger partial charge on any atom is -0.382 e. The van der Waals surface area contributed by atoms with Crippen LogP contribution in [0.5, 0.6) is 0 Å². The van der Waals surface area contributed by atoms with E-state index in [-0.39, 0.29) is 0 Å². The van der Waals surface area contributed by atoms with E-state index in [2.05, 4.69) is 46.8 Å². The van der Waals surface area contributed by atoms with Gasteiger partial charge in [-0.3, -0.25) is 4.98 Å². The molecule has 0 spiro atoms. The van der Waals surface area contributed by atoms with Crippen molar-refractivity contribution in [3.8, 4) is 0 Å². The molecule has 1 aromatic carbocycles. The number of piperidine rings is 1. The van der Waals surface area contributed by atoms with Crippen LogP contribution in [0.15, 0.2) is 30.5 Å². The van der Waals surface area contributed by atoms with Crippen molar-refractivity contribution in [2.75, 3.05) is 18.4 Å². The molecule has 18 heavy (non-hydrogen) atoms. The van der Waals surface area contributed by atoms with Gasteiger partial charge in [0.15, 0.2) is 0 Å². The van der Waals surface area contributed by atoms with Crippen LogP contribution < -0.4 is 10.6 Å². The molecule has 0 atom stereocenters. The third-order valence-corrected chi connectivity index (χ3v) is 3.70. The quantitative estimate of drug-likeness (QED) is 0.849. The fraction of sp³-hybridized carbons (Fsp3) is 0.400. The van der Waals surface area contributed by atoms with Gasteiger partial charge in [-0.2, -0.15) is 0 Å². The molecule has 3 heteroatoms. The van der Waals surface area contributed by atoms with Gasteiger partial charge in [-0.15, -0.1) is 0 Å². The Balaban J connectivity index is 1.93. The van der Waals surface area contributed by atoms with Crippen molar-refractivity contribution in [2.45, 2.75) is 25.8 Å². The first-order chi connectivity index (χ1) is 8.84. The van der Waals surface area contributed by atoms with E-state index < -0.39 is 0 Å². The Bertz CT molecular complexity index is 544. The van der Waals surface area contributed by atoms with Crippen molar-refractivity contribution in [3.05, 3.63) is 36.2 Å². The number of benzene rings is 1. The summed E-state index contributed by atoms with van der Waals surface area (Å²) >= 11 is 0. The first-order valence-electron chi connectivity index (χ1n) is 6.66. The molecule has 1 aliphatic rings. The van der Waals surface area contributed by atoms with E-state index in [9.17, 15) is 0 Å². The molecule has 0 bridgehead atoms. The second-order valence-electron chi connectivity index (χ2n) is 4.97. The first kappa shape index (κ1) is 11.5. The Morgan fingerprint density at radius 1 is 1.17 bits per heavy atom. The van der Waals surface area contributed by atoms with Gasteiger partial charge in [-0.1, -0.05) is 12.1 Å². The maximum Gasteiger partial charge on any atom is 0.0451 e. The van der Waals surface area contributed by atoms with Crippen LogP contribution in [0.2, 0.25) is 0 Å². The van der Waals surface area contributed by atoms with E-state index in [1.54, 1.807) is 0 Å². The molecule has 0 saturated carbocycles. The van der Waals surface area contributed by atoms with E-state index in [0.29, 0.717) is 6.04 Å². The molecule has 1 saturated heterocycles. The summed E-state index contributed by atoms with van der Waals surface area (Å²) in [5, 5.41) is 9.61. The van der Waals surface area contributed by atoms with Crippen molar-refractivity contribution in [2.24, 2.45) is 0 Å². The highest BCUT2D eigenvalue weighted by Crippen LogP contribution is 2.26. The van der Waals surface area contributed by atoms with Crippen LogP contribution in [0.25, 0.3) is 10.8 Å². The third-order valence-electron chi connectivity index (χ3n) is 3.70. The van der Waals surface area contributed by atoms with E-state index in [1.165, 1.54) is 29.3 Å². The van der Waals surface area contributed by atoms with Gasteiger partial charge in [0.1, 0.15) is 0 Å². The smallest absolute Gasteiger partial charge is 0.0451 e. The van der Waals surface area contributed by atoms with E-state index in [4.69, 9.17) is 0 Å². The zero-order valence-electron chi connectivity index (χ0n) is 10.7. The summed E-state index contributed by atoms with van der Waals surface area (Å²) in [6, 6.07) is 9.12. The van der Waals surface area contributed by atoms with E-state index in [1.807, 2.05) is 6.20 Å². The van der Waals surface area contributed by atoms with Gasteiger partial charge in [0.25, 0.3) is 0 Å². The monoisotopic (exact) mass is 241 g/mol. The summed E-state index contributed by atoms with van der Waals surface area (Å²) in [7, 11) is 0. The highest BCUT2D eigenvalue weighted by Gasteiger charge is 2.13. The molecule has 3 nitrogen and oxygen atoms in total. The van der Waals surface area contributed by atoms with Gasteiger partial charge in [-0.25, -0.2) is 0 Å². The molecule has 0 amide bonds. The zero-order valence-corrected chi connectivity index (χ0v) is 10.7. The summed E-state index contributed by atoms with van der Waals surface area (Å²) in [5.41, 5.74) is 2.34. The maximum atomic E-state index is 4.36. The molecule has 2 N–H and O–H groups in total. The van der Waals surface area contributed by atoms with Crippen LogP contribution in [0.4, 0.5) is 5.69 Å². The van der Waals surface area contributed by atoms with Crippen LogP contribution in [0, 0.1) is 6.92 Å². The van der Waals surface area contributed by atoms with Crippen molar-refractivity contribution < 1.29 is 0 Å².